The Hall–Kier alpha value is -4.39. The van der Waals surface area contributed by atoms with E-state index in [-0.39, 0.29) is 18.1 Å². The highest BCUT2D eigenvalue weighted by molar-refractivity contribution is 6.10. The number of amides is 2. The Morgan fingerprint density at radius 2 is 1.58 bits per heavy atom. The van der Waals surface area contributed by atoms with Gasteiger partial charge in [0.2, 0.25) is 0 Å². The van der Waals surface area contributed by atoms with Crippen molar-refractivity contribution in [2.24, 2.45) is 0 Å². The van der Waals surface area contributed by atoms with Crippen molar-refractivity contribution >= 4 is 34.4 Å². The summed E-state index contributed by atoms with van der Waals surface area (Å²) < 4.78 is 5.15. The molecule has 3 N–H and O–H groups in total. The molecule has 0 aliphatic heterocycles. The number of aromatic nitrogens is 1. The average molecular weight is 441 g/mol. The molecule has 0 radical (unpaired) electrons. The van der Waals surface area contributed by atoms with Crippen molar-refractivity contribution in [3.05, 3.63) is 102 Å². The van der Waals surface area contributed by atoms with Crippen LogP contribution < -0.4 is 10.6 Å². The average Bonchev–Trinajstić information content (AvgIpc) is 3.28. The zero-order valence-electron chi connectivity index (χ0n) is 18.0. The molecule has 2 amide bonds. The molecule has 0 aliphatic rings. The maximum absolute atomic E-state index is 13.1. The molecule has 33 heavy (non-hydrogen) atoms. The second-order valence-electron chi connectivity index (χ2n) is 7.34. The number of para-hydroxylation sites is 2. The fourth-order valence-electron chi connectivity index (χ4n) is 3.53. The molecule has 7 nitrogen and oxygen atoms in total. The number of benzene rings is 3. The Kier molecular flexibility index (Phi) is 6.50. The summed E-state index contributed by atoms with van der Waals surface area (Å²) in [6.45, 7) is 1.89. The quantitative estimate of drug-likeness (QED) is 0.369. The number of hydrogen-bond acceptors (Lipinski definition) is 4. The molecule has 0 saturated heterocycles. The first-order chi connectivity index (χ1) is 16.1. The van der Waals surface area contributed by atoms with Crippen LogP contribution in [0.15, 0.2) is 84.9 Å². The first kappa shape index (κ1) is 21.8. The molecular weight excluding hydrogens is 418 g/mol. The molecule has 0 spiro atoms. The Morgan fingerprint density at radius 1 is 0.879 bits per heavy atom. The van der Waals surface area contributed by atoms with Gasteiger partial charge in [-0.3, -0.25) is 9.59 Å². The van der Waals surface area contributed by atoms with Crippen molar-refractivity contribution in [3.63, 3.8) is 0 Å². The number of H-pyrrole nitrogens is 1. The Bertz CT molecular complexity index is 1260. The van der Waals surface area contributed by atoms with E-state index in [2.05, 4.69) is 15.6 Å². The number of hydrogen-bond donors (Lipinski definition) is 3. The minimum Gasteiger partial charge on any atom is -0.464 e. The number of carbonyl (C=O) groups is 3. The minimum absolute atomic E-state index is 0.190. The standard InChI is InChI=1S/C26H23N3O4/c1-2-33-26(32)23(17-10-4-3-5-11-17)29-24(30)19-13-7-9-15-21(19)28-25(31)22-16-18-12-6-8-14-20(18)27-22/h3-16,23,27H,2H2,1H3,(H,28,31)(H,29,30). The number of esters is 1. The van der Waals surface area contributed by atoms with Crippen molar-refractivity contribution in [1.29, 1.82) is 0 Å². The van der Waals surface area contributed by atoms with Gasteiger partial charge in [-0.25, -0.2) is 4.79 Å². The molecule has 166 valence electrons. The van der Waals surface area contributed by atoms with Crippen molar-refractivity contribution in [1.82, 2.24) is 10.3 Å². The Balaban J connectivity index is 1.57. The SMILES string of the molecule is CCOC(=O)C(NC(=O)c1ccccc1NC(=O)c1cc2ccccc2[nH]1)c1ccccc1. The maximum Gasteiger partial charge on any atom is 0.333 e. The van der Waals surface area contributed by atoms with Gasteiger partial charge < -0.3 is 20.4 Å². The van der Waals surface area contributed by atoms with Gasteiger partial charge >= 0.3 is 5.97 Å². The number of nitrogens with one attached hydrogen (secondary N) is 3. The molecule has 0 saturated carbocycles. The third-order valence-electron chi connectivity index (χ3n) is 5.13. The smallest absolute Gasteiger partial charge is 0.333 e. The highest BCUT2D eigenvalue weighted by atomic mass is 16.5. The summed E-state index contributed by atoms with van der Waals surface area (Å²) in [5, 5.41) is 6.44. The van der Waals surface area contributed by atoms with Crippen LogP contribution in [-0.2, 0) is 9.53 Å². The van der Waals surface area contributed by atoms with Gasteiger partial charge in [0, 0.05) is 10.9 Å². The van der Waals surface area contributed by atoms with E-state index in [0.717, 1.165) is 10.9 Å². The van der Waals surface area contributed by atoms with Crippen LogP contribution in [0.4, 0.5) is 5.69 Å². The highest BCUT2D eigenvalue weighted by Gasteiger charge is 2.25. The van der Waals surface area contributed by atoms with Gasteiger partial charge in [0.15, 0.2) is 6.04 Å². The topological polar surface area (TPSA) is 100 Å². The van der Waals surface area contributed by atoms with E-state index >= 15 is 0 Å². The molecule has 1 aromatic heterocycles. The van der Waals surface area contributed by atoms with E-state index in [4.69, 9.17) is 4.74 Å². The lowest BCUT2D eigenvalue weighted by Crippen LogP contribution is -2.35. The van der Waals surface area contributed by atoms with Gasteiger partial charge in [0.1, 0.15) is 5.69 Å². The lowest BCUT2D eigenvalue weighted by atomic mass is 10.1. The lowest BCUT2D eigenvalue weighted by Gasteiger charge is -2.19. The van der Waals surface area contributed by atoms with E-state index in [1.54, 1.807) is 61.5 Å². The minimum atomic E-state index is -0.976. The first-order valence-corrected chi connectivity index (χ1v) is 10.6. The van der Waals surface area contributed by atoms with Gasteiger partial charge in [-0.05, 0) is 36.8 Å². The second kappa shape index (κ2) is 9.82. The summed E-state index contributed by atoms with van der Waals surface area (Å²) in [7, 11) is 0. The fraction of sp³-hybridized carbons (Fsp3) is 0.115. The van der Waals surface area contributed by atoms with Crippen LogP contribution in [0.1, 0.15) is 39.4 Å². The van der Waals surface area contributed by atoms with Crippen LogP contribution in [0.2, 0.25) is 0 Å². The van der Waals surface area contributed by atoms with Crippen LogP contribution in [0.5, 0.6) is 0 Å². The zero-order chi connectivity index (χ0) is 23.2. The molecular formula is C26H23N3O4. The molecule has 1 heterocycles. The number of fused-ring (bicyclic) bond motifs is 1. The van der Waals surface area contributed by atoms with Crippen LogP contribution in [0.3, 0.4) is 0 Å². The Labute approximate surface area is 190 Å². The predicted octanol–water partition coefficient (Wildman–Crippen LogP) is 4.45. The van der Waals surface area contributed by atoms with E-state index in [1.165, 1.54) is 0 Å². The largest absolute Gasteiger partial charge is 0.464 e. The Morgan fingerprint density at radius 3 is 2.33 bits per heavy atom. The molecule has 7 heteroatoms. The number of ether oxygens (including phenoxy) is 1. The van der Waals surface area contributed by atoms with Gasteiger partial charge in [-0.15, -0.1) is 0 Å². The van der Waals surface area contributed by atoms with E-state index in [0.29, 0.717) is 16.9 Å². The predicted molar refractivity (Wildman–Crippen MR) is 126 cm³/mol. The van der Waals surface area contributed by atoms with Gasteiger partial charge in [-0.2, -0.15) is 0 Å². The summed E-state index contributed by atoms with van der Waals surface area (Å²) in [5.41, 5.74) is 2.37. The lowest BCUT2D eigenvalue weighted by molar-refractivity contribution is -0.145. The van der Waals surface area contributed by atoms with Crippen molar-refractivity contribution in [3.8, 4) is 0 Å². The van der Waals surface area contributed by atoms with Crippen molar-refractivity contribution < 1.29 is 19.1 Å². The van der Waals surface area contributed by atoms with Crippen molar-refractivity contribution in [2.75, 3.05) is 11.9 Å². The molecule has 3 aromatic carbocycles. The second-order valence-corrected chi connectivity index (χ2v) is 7.34. The molecule has 0 fully saturated rings. The summed E-state index contributed by atoms with van der Waals surface area (Å²) >= 11 is 0. The number of rotatable bonds is 7. The van der Waals surface area contributed by atoms with Crippen LogP contribution in [-0.4, -0.2) is 29.4 Å². The fourth-order valence-corrected chi connectivity index (χ4v) is 3.53. The van der Waals surface area contributed by atoms with Crippen LogP contribution >= 0.6 is 0 Å². The third kappa shape index (κ3) is 4.93. The summed E-state index contributed by atoms with van der Waals surface area (Å²) in [6.07, 6.45) is 0. The summed E-state index contributed by atoms with van der Waals surface area (Å²) in [4.78, 5) is 41.6. The molecule has 0 aliphatic carbocycles. The van der Waals surface area contributed by atoms with Crippen molar-refractivity contribution in [2.45, 2.75) is 13.0 Å². The van der Waals surface area contributed by atoms with Crippen LogP contribution in [0.25, 0.3) is 10.9 Å². The normalized spacial score (nSPS) is 11.5. The van der Waals surface area contributed by atoms with E-state index in [9.17, 15) is 14.4 Å². The maximum atomic E-state index is 13.1. The third-order valence-corrected chi connectivity index (χ3v) is 5.13. The summed E-state index contributed by atoms with van der Waals surface area (Å²) in [6, 6.07) is 23.8. The monoisotopic (exact) mass is 441 g/mol. The zero-order valence-corrected chi connectivity index (χ0v) is 18.0. The number of carbonyl (C=O) groups excluding carboxylic acids is 3. The molecule has 4 aromatic rings. The number of anilines is 1. The van der Waals surface area contributed by atoms with E-state index < -0.39 is 17.9 Å². The highest BCUT2D eigenvalue weighted by Crippen LogP contribution is 2.21. The van der Waals surface area contributed by atoms with Gasteiger partial charge in [0.05, 0.1) is 17.9 Å². The van der Waals surface area contributed by atoms with Gasteiger partial charge in [-0.1, -0.05) is 60.7 Å². The molecule has 1 atom stereocenters. The summed E-state index contributed by atoms with van der Waals surface area (Å²) in [5.74, 6) is -1.45. The molecule has 4 rings (SSSR count). The molecule has 0 bridgehead atoms. The van der Waals surface area contributed by atoms with Gasteiger partial charge in [0.25, 0.3) is 11.8 Å². The number of aromatic amines is 1. The molecule has 1 unspecified atom stereocenters. The van der Waals surface area contributed by atoms with Crippen LogP contribution in [0, 0.1) is 0 Å². The first-order valence-electron chi connectivity index (χ1n) is 10.6. The van der Waals surface area contributed by atoms with E-state index in [1.807, 2.05) is 30.3 Å².